The summed E-state index contributed by atoms with van der Waals surface area (Å²) in [6, 6.07) is 1.93. The van der Waals surface area contributed by atoms with Gasteiger partial charge in [0.2, 0.25) is 0 Å². The van der Waals surface area contributed by atoms with Gasteiger partial charge in [0.1, 0.15) is 0 Å². The van der Waals surface area contributed by atoms with Gasteiger partial charge in [-0.15, -0.1) is 0 Å². The number of hydrogen-bond acceptors (Lipinski definition) is 5. The Morgan fingerprint density at radius 2 is 1.84 bits per heavy atom. The molecule has 0 heterocycles. The van der Waals surface area contributed by atoms with E-state index in [4.69, 9.17) is 0 Å². The SMILES string of the molecule is COc1cc(Br)c(C=O)cc1OS(=O)(=O)C(F)(F)F. The van der Waals surface area contributed by atoms with Gasteiger partial charge >= 0.3 is 15.6 Å². The highest BCUT2D eigenvalue weighted by Crippen LogP contribution is 2.36. The van der Waals surface area contributed by atoms with Crippen LogP contribution in [0.15, 0.2) is 16.6 Å². The Kier molecular flexibility index (Phi) is 4.46. The summed E-state index contributed by atoms with van der Waals surface area (Å²) in [6.07, 6.45) is 0.316. The van der Waals surface area contributed by atoms with Crippen molar-refractivity contribution in [3.8, 4) is 11.5 Å². The van der Waals surface area contributed by atoms with Crippen LogP contribution < -0.4 is 8.92 Å². The van der Waals surface area contributed by atoms with Gasteiger partial charge in [-0.3, -0.25) is 4.79 Å². The van der Waals surface area contributed by atoms with Gasteiger partial charge in [0.15, 0.2) is 17.8 Å². The van der Waals surface area contributed by atoms with E-state index in [1.165, 1.54) is 0 Å². The van der Waals surface area contributed by atoms with E-state index in [9.17, 15) is 26.4 Å². The molecule has 0 saturated carbocycles. The maximum Gasteiger partial charge on any atom is 0.534 e. The Balaban J connectivity index is 3.32. The second kappa shape index (κ2) is 5.37. The zero-order valence-corrected chi connectivity index (χ0v) is 11.6. The monoisotopic (exact) mass is 362 g/mol. The predicted molar refractivity (Wildman–Crippen MR) is 61.7 cm³/mol. The number of rotatable bonds is 4. The predicted octanol–water partition coefficient (Wildman–Crippen LogP) is 2.50. The zero-order chi connectivity index (χ0) is 14.8. The largest absolute Gasteiger partial charge is 0.534 e. The maximum absolute atomic E-state index is 12.2. The molecule has 0 radical (unpaired) electrons. The molecule has 1 rings (SSSR count). The van der Waals surface area contributed by atoms with Crippen molar-refractivity contribution in [2.75, 3.05) is 7.11 Å². The fourth-order valence-corrected chi connectivity index (χ4v) is 1.91. The molecule has 10 heteroatoms. The van der Waals surface area contributed by atoms with Crippen LogP contribution in [0.2, 0.25) is 0 Å². The van der Waals surface area contributed by atoms with Gasteiger partial charge in [0.25, 0.3) is 0 Å². The first-order valence-corrected chi connectivity index (χ1v) is 6.66. The smallest absolute Gasteiger partial charge is 0.493 e. The van der Waals surface area contributed by atoms with E-state index in [1.54, 1.807) is 0 Å². The van der Waals surface area contributed by atoms with Gasteiger partial charge in [0, 0.05) is 10.0 Å². The van der Waals surface area contributed by atoms with Crippen molar-refractivity contribution in [3.05, 3.63) is 22.2 Å². The lowest BCUT2D eigenvalue weighted by molar-refractivity contribution is -0.0500. The summed E-state index contributed by atoms with van der Waals surface area (Å²) in [5, 5.41) is 0. The quantitative estimate of drug-likeness (QED) is 0.467. The lowest BCUT2D eigenvalue weighted by Gasteiger charge is -2.13. The highest BCUT2D eigenvalue weighted by molar-refractivity contribution is 9.10. The van der Waals surface area contributed by atoms with Crippen LogP contribution in [0.3, 0.4) is 0 Å². The number of alkyl halides is 3. The fraction of sp³-hybridized carbons (Fsp3) is 0.222. The van der Waals surface area contributed by atoms with Crippen molar-refractivity contribution in [3.63, 3.8) is 0 Å². The summed E-state index contributed by atoms with van der Waals surface area (Å²) >= 11 is 2.96. The number of carbonyl (C=O) groups excluding carboxylic acids is 1. The molecule has 19 heavy (non-hydrogen) atoms. The van der Waals surface area contributed by atoms with E-state index in [2.05, 4.69) is 24.8 Å². The Morgan fingerprint density at radius 3 is 2.26 bits per heavy atom. The van der Waals surface area contributed by atoms with E-state index in [1.807, 2.05) is 0 Å². The number of hydrogen-bond donors (Lipinski definition) is 0. The van der Waals surface area contributed by atoms with E-state index < -0.39 is 21.4 Å². The third-order valence-electron chi connectivity index (χ3n) is 1.89. The summed E-state index contributed by atoms with van der Waals surface area (Å²) in [4.78, 5) is 10.6. The van der Waals surface area contributed by atoms with Gasteiger partial charge in [-0.2, -0.15) is 21.6 Å². The second-order valence-corrected chi connectivity index (χ2v) is 5.52. The second-order valence-electron chi connectivity index (χ2n) is 3.13. The minimum atomic E-state index is -5.83. The van der Waals surface area contributed by atoms with Crippen molar-refractivity contribution < 1.29 is 35.3 Å². The third-order valence-corrected chi connectivity index (χ3v) is 3.55. The van der Waals surface area contributed by atoms with Gasteiger partial charge in [-0.1, -0.05) is 0 Å². The maximum atomic E-state index is 12.2. The summed E-state index contributed by atoms with van der Waals surface area (Å²) < 4.78 is 67.1. The number of halogens is 4. The molecule has 0 aliphatic carbocycles. The normalized spacial score (nSPS) is 12.1. The molecule has 1 aromatic carbocycles. The van der Waals surface area contributed by atoms with Crippen LogP contribution in [0, 0.1) is 0 Å². The van der Waals surface area contributed by atoms with Gasteiger partial charge in [-0.25, -0.2) is 0 Å². The van der Waals surface area contributed by atoms with E-state index >= 15 is 0 Å². The van der Waals surface area contributed by atoms with Crippen molar-refractivity contribution in [1.29, 1.82) is 0 Å². The standard InChI is InChI=1S/C9H6BrF3O5S/c1-17-7-3-6(10)5(4-14)2-8(7)18-19(15,16)9(11,12)13/h2-4H,1H3. The molecule has 1 aromatic rings. The Bertz CT molecular complexity index is 597. The van der Waals surface area contributed by atoms with Gasteiger partial charge in [0.05, 0.1) is 7.11 Å². The van der Waals surface area contributed by atoms with E-state index in [0.717, 1.165) is 19.2 Å². The summed E-state index contributed by atoms with van der Waals surface area (Å²) in [7, 11) is -4.73. The first kappa shape index (κ1) is 15.8. The summed E-state index contributed by atoms with van der Waals surface area (Å²) in [5.74, 6) is -1.00. The average molecular weight is 363 g/mol. The Labute approximate surface area is 114 Å². The molecule has 0 bridgehead atoms. The van der Waals surface area contributed by atoms with Crippen molar-refractivity contribution >= 4 is 32.3 Å². The van der Waals surface area contributed by atoms with E-state index in [0.29, 0.717) is 6.29 Å². The van der Waals surface area contributed by atoms with Crippen molar-refractivity contribution in [1.82, 2.24) is 0 Å². The Hall–Kier alpha value is -1.29. The molecule has 0 atom stereocenters. The van der Waals surface area contributed by atoms with E-state index in [-0.39, 0.29) is 15.8 Å². The van der Waals surface area contributed by atoms with Crippen LogP contribution in [0.4, 0.5) is 13.2 Å². The van der Waals surface area contributed by atoms with Crippen LogP contribution in [-0.4, -0.2) is 27.3 Å². The molecule has 0 spiro atoms. The number of carbonyl (C=O) groups is 1. The highest BCUT2D eigenvalue weighted by atomic mass is 79.9. The van der Waals surface area contributed by atoms with Crippen LogP contribution in [-0.2, 0) is 10.1 Å². The molecular weight excluding hydrogens is 357 g/mol. The molecule has 0 aromatic heterocycles. The molecule has 0 N–H and O–H groups in total. The lowest BCUT2D eigenvalue weighted by atomic mass is 10.2. The molecule has 0 amide bonds. The fourth-order valence-electron chi connectivity index (χ4n) is 1.03. The summed E-state index contributed by atoms with van der Waals surface area (Å²) in [6.45, 7) is 0. The molecule has 5 nitrogen and oxygen atoms in total. The van der Waals surface area contributed by atoms with Crippen LogP contribution in [0.1, 0.15) is 10.4 Å². The number of ether oxygens (including phenoxy) is 1. The Morgan fingerprint density at radius 1 is 1.26 bits per heavy atom. The molecule has 0 saturated heterocycles. The number of methoxy groups -OCH3 is 1. The minimum Gasteiger partial charge on any atom is -0.493 e. The molecule has 106 valence electrons. The zero-order valence-electron chi connectivity index (χ0n) is 9.19. The summed E-state index contributed by atoms with van der Waals surface area (Å²) in [5.41, 5.74) is -5.67. The molecular formula is C9H6BrF3O5S. The van der Waals surface area contributed by atoms with Gasteiger partial charge in [-0.05, 0) is 28.1 Å². The van der Waals surface area contributed by atoms with Crippen LogP contribution in [0.5, 0.6) is 11.5 Å². The topological polar surface area (TPSA) is 69.7 Å². The minimum absolute atomic E-state index is 0.0897. The van der Waals surface area contributed by atoms with Gasteiger partial charge < -0.3 is 8.92 Å². The molecule has 0 unspecified atom stereocenters. The third kappa shape index (κ3) is 3.38. The molecule has 0 fully saturated rings. The molecule has 0 aliphatic heterocycles. The van der Waals surface area contributed by atoms with Crippen molar-refractivity contribution in [2.45, 2.75) is 5.51 Å². The van der Waals surface area contributed by atoms with Crippen LogP contribution in [0.25, 0.3) is 0 Å². The lowest BCUT2D eigenvalue weighted by Crippen LogP contribution is -2.28. The average Bonchev–Trinajstić information content (AvgIpc) is 2.29. The molecule has 0 aliphatic rings. The van der Waals surface area contributed by atoms with Crippen molar-refractivity contribution in [2.24, 2.45) is 0 Å². The first-order chi connectivity index (χ1) is 8.62. The first-order valence-electron chi connectivity index (χ1n) is 4.46. The number of aldehydes is 1. The van der Waals surface area contributed by atoms with Crippen LogP contribution >= 0.6 is 15.9 Å². The number of benzene rings is 1. The highest BCUT2D eigenvalue weighted by Gasteiger charge is 2.49.